The highest BCUT2D eigenvalue weighted by molar-refractivity contribution is 9.10. The Kier molecular flexibility index (Phi) is 4.12. The van der Waals surface area contributed by atoms with Crippen molar-refractivity contribution in [1.29, 1.82) is 0 Å². The minimum absolute atomic E-state index is 0.676. The van der Waals surface area contributed by atoms with Gasteiger partial charge >= 0.3 is 0 Å². The van der Waals surface area contributed by atoms with E-state index in [0.29, 0.717) is 5.69 Å². The SMILES string of the molecule is CCc1ccsc1CNc1c(N)cnc2ccc(Br)cc12. The second kappa shape index (κ2) is 6.03. The minimum Gasteiger partial charge on any atom is -0.396 e. The number of nitrogens with one attached hydrogen (secondary N) is 1. The van der Waals surface area contributed by atoms with Crippen molar-refractivity contribution >= 4 is 49.5 Å². The van der Waals surface area contributed by atoms with Crippen molar-refractivity contribution in [3.8, 4) is 0 Å². The van der Waals surface area contributed by atoms with Gasteiger partial charge in [0.15, 0.2) is 0 Å². The molecule has 3 N–H and O–H groups in total. The van der Waals surface area contributed by atoms with Gasteiger partial charge in [0.25, 0.3) is 0 Å². The predicted molar refractivity (Wildman–Crippen MR) is 94.9 cm³/mol. The number of nitrogens with two attached hydrogens (primary N) is 1. The molecule has 0 unspecified atom stereocenters. The van der Waals surface area contributed by atoms with Crippen LogP contribution in [0.2, 0.25) is 0 Å². The number of pyridine rings is 1. The number of anilines is 2. The molecule has 1 aromatic carbocycles. The van der Waals surface area contributed by atoms with E-state index in [1.807, 2.05) is 12.1 Å². The highest BCUT2D eigenvalue weighted by Crippen LogP contribution is 2.31. The van der Waals surface area contributed by atoms with Gasteiger partial charge in [0.1, 0.15) is 0 Å². The van der Waals surface area contributed by atoms with Crippen molar-refractivity contribution in [3.63, 3.8) is 0 Å². The van der Waals surface area contributed by atoms with Crippen molar-refractivity contribution in [3.05, 3.63) is 50.8 Å². The third-order valence-electron chi connectivity index (χ3n) is 3.50. The summed E-state index contributed by atoms with van der Waals surface area (Å²) in [6.07, 6.45) is 2.77. The quantitative estimate of drug-likeness (QED) is 0.700. The Morgan fingerprint density at radius 2 is 2.19 bits per heavy atom. The first kappa shape index (κ1) is 14.4. The van der Waals surface area contributed by atoms with Gasteiger partial charge in [0.2, 0.25) is 0 Å². The highest BCUT2D eigenvalue weighted by Gasteiger charge is 2.09. The second-order valence-electron chi connectivity index (χ2n) is 4.83. The zero-order valence-corrected chi connectivity index (χ0v) is 14.1. The van der Waals surface area contributed by atoms with Gasteiger partial charge in [0, 0.05) is 21.3 Å². The van der Waals surface area contributed by atoms with E-state index in [9.17, 15) is 0 Å². The van der Waals surface area contributed by atoms with Gasteiger partial charge in [-0.2, -0.15) is 0 Å². The van der Waals surface area contributed by atoms with Crippen LogP contribution in [-0.4, -0.2) is 4.98 Å². The molecule has 0 radical (unpaired) electrons. The molecule has 3 aromatic rings. The summed E-state index contributed by atoms with van der Waals surface area (Å²) in [5.41, 5.74) is 10.1. The van der Waals surface area contributed by atoms with Gasteiger partial charge in [-0.1, -0.05) is 22.9 Å². The van der Waals surface area contributed by atoms with E-state index in [1.165, 1.54) is 10.4 Å². The summed E-state index contributed by atoms with van der Waals surface area (Å²) in [5.74, 6) is 0. The van der Waals surface area contributed by atoms with Crippen molar-refractivity contribution in [2.45, 2.75) is 19.9 Å². The predicted octanol–water partition coefficient (Wildman–Crippen LogP) is 4.82. The second-order valence-corrected chi connectivity index (χ2v) is 6.74. The fourth-order valence-electron chi connectivity index (χ4n) is 2.38. The molecule has 0 aliphatic carbocycles. The molecule has 3 rings (SSSR count). The maximum absolute atomic E-state index is 6.11. The first-order valence-corrected chi connectivity index (χ1v) is 8.49. The number of fused-ring (bicyclic) bond motifs is 1. The molecule has 2 heterocycles. The number of aryl methyl sites for hydroxylation is 1. The summed E-state index contributed by atoms with van der Waals surface area (Å²) in [5, 5.41) is 6.66. The molecule has 0 aliphatic rings. The first-order chi connectivity index (χ1) is 10.2. The van der Waals surface area contributed by atoms with Gasteiger partial charge in [-0.3, -0.25) is 4.98 Å². The summed E-state index contributed by atoms with van der Waals surface area (Å²) in [7, 11) is 0. The van der Waals surface area contributed by atoms with Crippen LogP contribution in [0, 0.1) is 0 Å². The van der Waals surface area contributed by atoms with Crippen LogP contribution in [-0.2, 0) is 13.0 Å². The molecule has 0 amide bonds. The largest absolute Gasteiger partial charge is 0.396 e. The van der Waals surface area contributed by atoms with Crippen LogP contribution >= 0.6 is 27.3 Å². The Morgan fingerprint density at radius 3 is 3.00 bits per heavy atom. The summed E-state index contributed by atoms with van der Waals surface area (Å²) >= 11 is 5.29. The normalized spacial score (nSPS) is 11.0. The average molecular weight is 362 g/mol. The average Bonchev–Trinajstić information content (AvgIpc) is 2.93. The van der Waals surface area contributed by atoms with E-state index >= 15 is 0 Å². The van der Waals surface area contributed by atoms with Crippen molar-refractivity contribution in [1.82, 2.24) is 4.98 Å². The van der Waals surface area contributed by atoms with Gasteiger partial charge in [-0.05, 0) is 41.6 Å². The van der Waals surface area contributed by atoms with E-state index in [2.05, 4.69) is 50.7 Å². The Hall–Kier alpha value is -1.59. The van der Waals surface area contributed by atoms with Crippen LogP contribution in [0.4, 0.5) is 11.4 Å². The molecule has 21 heavy (non-hydrogen) atoms. The molecule has 3 nitrogen and oxygen atoms in total. The number of hydrogen-bond donors (Lipinski definition) is 2. The minimum atomic E-state index is 0.676. The van der Waals surface area contributed by atoms with Crippen molar-refractivity contribution in [2.24, 2.45) is 0 Å². The molecule has 0 fully saturated rings. The van der Waals surface area contributed by atoms with Crippen LogP contribution in [0.25, 0.3) is 10.9 Å². The van der Waals surface area contributed by atoms with E-state index in [4.69, 9.17) is 5.73 Å². The lowest BCUT2D eigenvalue weighted by Crippen LogP contribution is -2.04. The van der Waals surface area contributed by atoms with Gasteiger partial charge in [0.05, 0.1) is 23.1 Å². The van der Waals surface area contributed by atoms with Gasteiger partial charge in [-0.15, -0.1) is 11.3 Å². The standard InChI is InChI=1S/C16H16BrN3S/c1-2-10-5-6-21-15(10)9-20-16-12-7-11(17)3-4-14(12)19-8-13(16)18/h3-8H,2,9,18H2,1H3,(H,19,20). The summed E-state index contributed by atoms with van der Waals surface area (Å²) in [6, 6.07) is 8.22. The molecular formula is C16H16BrN3S. The van der Waals surface area contributed by atoms with Gasteiger partial charge < -0.3 is 11.1 Å². The van der Waals surface area contributed by atoms with Crippen LogP contribution in [0.15, 0.2) is 40.3 Å². The molecule has 0 saturated heterocycles. The third kappa shape index (κ3) is 2.89. The maximum Gasteiger partial charge on any atom is 0.0743 e. The van der Waals surface area contributed by atoms with Crippen LogP contribution in [0.1, 0.15) is 17.4 Å². The van der Waals surface area contributed by atoms with E-state index in [1.54, 1.807) is 17.5 Å². The first-order valence-electron chi connectivity index (χ1n) is 6.82. The lowest BCUT2D eigenvalue weighted by atomic mass is 10.1. The Bertz CT molecular complexity index is 777. The topological polar surface area (TPSA) is 50.9 Å². The van der Waals surface area contributed by atoms with Crippen LogP contribution in [0.3, 0.4) is 0 Å². The van der Waals surface area contributed by atoms with Crippen molar-refractivity contribution < 1.29 is 0 Å². The molecule has 0 spiro atoms. The molecule has 2 aromatic heterocycles. The molecule has 0 aliphatic heterocycles. The Balaban J connectivity index is 1.96. The summed E-state index contributed by atoms with van der Waals surface area (Å²) in [6.45, 7) is 2.97. The molecular weight excluding hydrogens is 346 g/mol. The van der Waals surface area contributed by atoms with E-state index in [-0.39, 0.29) is 0 Å². The molecule has 0 saturated carbocycles. The van der Waals surface area contributed by atoms with Crippen LogP contribution in [0.5, 0.6) is 0 Å². The molecule has 0 atom stereocenters. The fourth-order valence-corrected chi connectivity index (χ4v) is 3.66. The van der Waals surface area contributed by atoms with E-state index in [0.717, 1.165) is 34.0 Å². The monoisotopic (exact) mass is 361 g/mol. The maximum atomic E-state index is 6.11. The number of thiophene rings is 1. The Labute approximate surface area is 136 Å². The lowest BCUT2D eigenvalue weighted by molar-refractivity contribution is 1.08. The summed E-state index contributed by atoms with van der Waals surface area (Å²) < 4.78 is 1.02. The highest BCUT2D eigenvalue weighted by atomic mass is 79.9. The third-order valence-corrected chi connectivity index (χ3v) is 4.96. The number of hydrogen-bond acceptors (Lipinski definition) is 4. The number of halogens is 1. The molecule has 108 valence electrons. The number of nitrogen functional groups attached to an aromatic ring is 1. The Morgan fingerprint density at radius 1 is 1.33 bits per heavy atom. The number of nitrogens with zero attached hydrogens (tertiary/aromatic N) is 1. The summed E-state index contributed by atoms with van der Waals surface area (Å²) in [4.78, 5) is 5.74. The fraction of sp³-hybridized carbons (Fsp3) is 0.188. The van der Waals surface area contributed by atoms with Crippen molar-refractivity contribution in [2.75, 3.05) is 11.1 Å². The number of benzene rings is 1. The zero-order valence-electron chi connectivity index (χ0n) is 11.7. The number of rotatable bonds is 4. The smallest absolute Gasteiger partial charge is 0.0743 e. The lowest BCUT2D eigenvalue weighted by Gasteiger charge is -2.12. The number of aromatic nitrogens is 1. The molecule has 5 heteroatoms. The van der Waals surface area contributed by atoms with E-state index < -0.39 is 0 Å². The molecule has 0 bridgehead atoms. The van der Waals surface area contributed by atoms with Crippen LogP contribution < -0.4 is 11.1 Å². The zero-order chi connectivity index (χ0) is 14.8. The van der Waals surface area contributed by atoms with Gasteiger partial charge in [-0.25, -0.2) is 0 Å².